The fourth-order valence-corrected chi connectivity index (χ4v) is 4.45. The molecule has 2 unspecified atom stereocenters. The third-order valence-corrected chi connectivity index (χ3v) is 6.25. The molecule has 0 radical (unpaired) electrons. The van der Waals surface area contributed by atoms with Gasteiger partial charge in [0.25, 0.3) is 5.91 Å². The van der Waals surface area contributed by atoms with E-state index in [-0.39, 0.29) is 6.04 Å². The first kappa shape index (κ1) is 27.6. The van der Waals surface area contributed by atoms with E-state index in [2.05, 4.69) is 10.6 Å². The van der Waals surface area contributed by atoms with E-state index in [0.717, 1.165) is 10.8 Å². The van der Waals surface area contributed by atoms with Crippen molar-refractivity contribution in [2.75, 3.05) is 5.32 Å². The van der Waals surface area contributed by atoms with Crippen molar-refractivity contribution in [3.63, 3.8) is 0 Å². The van der Waals surface area contributed by atoms with Crippen LogP contribution >= 0.6 is 0 Å². The summed E-state index contributed by atoms with van der Waals surface area (Å²) in [5.41, 5.74) is 5.82. The fraction of sp³-hybridized carbons (Fsp3) is 0.333. The Labute approximate surface area is 227 Å². The molecule has 0 bridgehead atoms. The normalized spacial score (nSPS) is 14.6. The Kier molecular flexibility index (Phi) is 8.18. The topological polar surface area (TPSA) is 131 Å². The number of hydrogen-bond acceptors (Lipinski definition) is 5. The molecule has 9 nitrogen and oxygen atoms in total. The summed E-state index contributed by atoms with van der Waals surface area (Å²) in [5, 5.41) is 7.46. The number of anilines is 1. The number of nitrogens with two attached hydrogens (primary N) is 1. The van der Waals surface area contributed by atoms with Crippen molar-refractivity contribution in [2.24, 2.45) is 5.73 Å². The number of carbonyl (C=O) groups is 4. The third kappa shape index (κ3) is 7.34. The SMILES string of the molecule is CC(C)(C)OC(=O)NC(CC(N)=O)C(=O)N(C1CC1)C(C(=O)Nc1ccc2ccccc2c1)c1ccccc1. The number of hydrogen-bond donors (Lipinski definition) is 3. The van der Waals surface area contributed by atoms with Crippen molar-refractivity contribution in [3.05, 3.63) is 78.4 Å². The summed E-state index contributed by atoms with van der Waals surface area (Å²) in [6.07, 6.45) is 0.0896. The van der Waals surface area contributed by atoms with Gasteiger partial charge in [-0.25, -0.2) is 4.79 Å². The predicted molar refractivity (Wildman–Crippen MR) is 149 cm³/mol. The summed E-state index contributed by atoms with van der Waals surface area (Å²) in [6.45, 7) is 5.07. The van der Waals surface area contributed by atoms with Gasteiger partial charge in [0.15, 0.2) is 0 Å². The van der Waals surface area contributed by atoms with Crippen LogP contribution in [0.1, 0.15) is 51.6 Å². The second-order valence-electron chi connectivity index (χ2n) is 10.7. The van der Waals surface area contributed by atoms with E-state index >= 15 is 0 Å². The molecule has 1 saturated carbocycles. The third-order valence-electron chi connectivity index (χ3n) is 6.25. The Morgan fingerprint density at radius 3 is 2.21 bits per heavy atom. The fourth-order valence-electron chi connectivity index (χ4n) is 4.45. The molecule has 0 spiro atoms. The molecule has 3 aromatic carbocycles. The summed E-state index contributed by atoms with van der Waals surface area (Å²) in [6, 6.07) is 19.8. The molecule has 1 fully saturated rings. The zero-order valence-electron chi connectivity index (χ0n) is 22.3. The highest BCUT2D eigenvalue weighted by atomic mass is 16.6. The van der Waals surface area contributed by atoms with Gasteiger partial charge in [-0.1, -0.05) is 60.7 Å². The molecule has 1 aliphatic carbocycles. The first-order chi connectivity index (χ1) is 18.5. The maximum Gasteiger partial charge on any atom is 0.408 e. The molecular weight excluding hydrogens is 496 g/mol. The zero-order valence-corrected chi connectivity index (χ0v) is 22.3. The zero-order chi connectivity index (χ0) is 28.2. The lowest BCUT2D eigenvalue weighted by Crippen LogP contribution is -2.54. The van der Waals surface area contributed by atoms with E-state index in [0.29, 0.717) is 24.1 Å². The minimum Gasteiger partial charge on any atom is -0.444 e. The second-order valence-corrected chi connectivity index (χ2v) is 10.7. The van der Waals surface area contributed by atoms with E-state index in [9.17, 15) is 19.2 Å². The van der Waals surface area contributed by atoms with Gasteiger partial charge < -0.3 is 26.0 Å². The monoisotopic (exact) mass is 530 g/mol. The van der Waals surface area contributed by atoms with Crippen LogP contribution in [0.4, 0.5) is 10.5 Å². The van der Waals surface area contributed by atoms with Crippen molar-refractivity contribution in [3.8, 4) is 0 Å². The van der Waals surface area contributed by atoms with Crippen LogP contribution < -0.4 is 16.4 Å². The Bertz CT molecular complexity index is 1360. The molecule has 1 aliphatic rings. The van der Waals surface area contributed by atoms with Gasteiger partial charge in [0, 0.05) is 11.7 Å². The van der Waals surface area contributed by atoms with Gasteiger partial charge in [0.1, 0.15) is 17.7 Å². The molecule has 0 aromatic heterocycles. The standard InChI is InChI=1S/C30H34N4O5/c1-30(2,3)39-29(38)33-24(18-25(31)35)28(37)34(23-15-16-23)26(20-10-5-4-6-11-20)27(36)32-22-14-13-19-9-7-8-12-21(19)17-22/h4-14,17,23-24,26H,15-16,18H2,1-3H3,(H2,31,35)(H,32,36)(H,33,38). The summed E-state index contributed by atoms with van der Waals surface area (Å²) < 4.78 is 5.31. The molecule has 204 valence electrons. The largest absolute Gasteiger partial charge is 0.444 e. The summed E-state index contributed by atoms with van der Waals surface area (Å²) in [4.78, 5) is 53.8. The van der Waals surface area contributed by atoms with E-state index in [4.69, 9.17) is 10.5 Å². The van der Waals surface area contributed by atoms with Gasteiger partial charge in [-0.3, -0.25) is 14.4 Å². The van der Waals surface area contributed by atoms with Crippen LogP contribution in [-0.4, -0.2) is 46.4 Å². The van der Waals surface area contributed by atoms with Crippen LogP contribution in [0.2, 0.25) is 0 Å². The lowest BCUT2D eigenvalue weighted by molar-refractivity contribution is -0.142. The van der Waals surface area contributed by atoms with Crippen LogP contribution in [-0.2, 0) is 19.1 Å². The number of alkyl carbamates (subject to hydrolysis) is 1. The number of fused-ring (bicyclic) bond motifs is 1. The summed E-state index contributed by atoms with van der Waals surface area (Å²) in [7, 11) is 0. The van der Waals surface area contributed by atoms with Gasteiger partial charge in [0.05, 0.1) is 6.42 Å². The summed E-state index contributed by atoms with van der Waals surface area (Å²) in [5.74, 6) is -1.76. The molecule has 39 heavy (non-hydrogen) atoms. The number of primary amides is 1. The highest BCUT2D eigenvalue weighted by Gasteiger charge is 2.44. The Morgan fingerprint density at radius 1 is 0.949 bits per heavy atom. The number of nitrogens with zero attached hydrogens (tertiary/aromatic N) is 1. The van der Waals surface area contributed by atoms with E-state index in [1.807, 2.05) is 48.5 Å². The second kappa shape index (κ2) is 11.6. The van der Waals surface area contributed by atoms with Crippen molar-refractivity contribution in [2.45, 2.75) is 63.8 Å². The molecular formula is C30H34N4O5. The van der Waals surface area contributed by atoms with Crippen LogP contribution in [0, 0.1) is 0 Å². The van der Waals surface area contributed by atoms with Gasteiger partial charge in [-0.2, -0.15) is 0 Å². The van der Waals surface area contributed by atoms with Crippen LogP contribution in [0.25, 0.3) is 10.8 Å². The van der Waals surface area contributed by atoms with E-state index < -0.39 is 47.9 Å². The number of ether oxygens (including phenoxy) is 1. The van der Waals surface area contributed by atoms with Crippen LogP contribution in [0.3, 0.4) is 0 Å². The van der Waals surface area contributed by atoms with Gasteiger partial charge in [0.2, 0.25) is 11.8 Å². The van der Waals surface area contributed by atoms with E-state index in [1.54, 1.807) is 45.0 Å². The number of benzene rings is 3. The first-order valence-corrected chi connectivity index (χ1v) is 13.0. The summed E-state index contributed by atoms with van der Waals surface area (Å²) >= 11 is 0. The molecule has 4 rings (SSSR count). The molecule has 3 aromatic rings. The lowest BCUT2D eigenvalue weighted by Gasteiger charge is -2.34. The lowest BCUT2D eigenvalue weighted by atomic mass is 10.0. The van der Waals surface area contributed by atoms with E-state index in [1.165, 1.54) is 4.90 Å². The molecule has 0 saturated heterocycles. The molecule has 9 heteroatoms. The highest BCUT2D eigenvalue weighted by molar-refractivity contribution is 6.01. The average molecular weight is 531 g/mol. The minimum atomic E-state index is -1.29. The number of amides is 4. The molecule has 4 amide bonds. The number of nitrogens with one attached hydrogen (secondary N) is 2. The predicted octanol–water partition coefficient (Wildman–Crippen LogP) is 4.28. The van der Waals surface area contributed by atoms with Crippen LogP contribution in [0.15, 0.2) is 72.8 Å². The Hall–Kier alpha value is -4.40. The van der Waals surface area contributed by atoms with Crippen molar-refractivity contribution in [1.82, 2.24) is 10.2 Å². The first-order valence-electron chi connectivity index (χ1n) is 13.0. The molecule has 4 N–H and O–H groups in total. The minimum absolute atomic E-state index is 0.235. The average Bonchev–Trinajstić information content (AvgIpc) is 3.70. The van der Waals surface area contributed by atoms with Crippen molar-refractivity contribution < 1.29 is 23.9 Å². The maximum absolute atomic E-state index is 14.0. The Morgan fingerprint density at radius 2 is 1.59 bits per heavy atom. The van der Waals surface area contributed by atoms with Gasteiger partial charge >= 0.3 is 6.09 Å². The van der Waals surface area contributed by atoms with Gasteiger partial charge in [-0.15, -0.1) is 0 Å². The molecule has 2 atom stereocenters. The smallest absolute Gasteiger partial charge is 0.408 e. The Balaban J connectivity index is 1.66. The van der Waals surface area contributed by atoms with Crippen molar-refractivity contribution in [1.29, 1.82) is 0 Å². The van der Waals surface area contributed by atoms with Crippen molar-refractivity contribution >= 4 is 40.3 Å². The van der Waals surface area contributed by atoms with Crippen LogP contribution in [0.5, 0.6) is 0 Å². The maximum atomic E-state index is 14.0. The van der Waals surface area contributed by atoms with Gasteiger partial charge in [-0.05, 0) is 62.1 Å². The molecule has 0 heterocycles. The highest BCUT2D eigenvalue weighted by Crippen LogP contribution is 2.36. The number of carbonyl (C=O) groups excluding carboxylic acids is 4. The quantitative estimate of drug-likeness (QED) is 0.380. The number of rotatable bonds is 9. The molecule has 0 aliphatic heterocycles.